The Morgan fingerprint density at radius 3 is 1.95 bits per heavy atom. The third kappa shape index (κ3) is 2.18. The van der Waals surface area contributed by atoms with Gasteiger partial charge in [0.25, 0.3) is 0 Å². The number of urea groups is 2. The first-order valence-electron chi connectivity index (χ1n) is 6.47. The molecular formula is C11H22N4O7. The number of carbonyl (C=O) groups excluding carboxylic acids is 2. The molecule has 1 atom stereocenters. The highest BCUT2D eigenvalue weighted by atomic mass is 16.3. The molecule has 1 rings (SSSR count). The molecule has 0 aromatic rings. The summed E-state index contributed by atoms with van der Waals surface area (Å²) in [5.74, 6) is 0. The van der Waals surface area contributed by atoms with Crippen molar-refractivity contribution in [2.24, 2.45) is 11.1 Å². The number of hydrazine groups is 1. The zero-order chi connectivity index (χ0) is 17.2. The van der Waals surface area contributed by atoms with Crippen LogP contribution in [0.2, 0.25) is 0 Å². The molecule has 0 bridgehead atoms. The van der Waals surface area contributed by atoms with Crippen molar-refractivity contribution in [2.75, 3.05) is 33.0 Å². The van der Waals surface area contributed by atoms with Gasteiger partial charge in [0, 0.05) is 0 Å². The summed E-state index contributed by atoms with van der Waals surface area (Å²) >= 11 is 0. The number of rotatable bonds is 6. The van der Waals surface area contributed by atoms with Crippen LogP contribution in [0.15, 0.2) is 0 Å². The molecule has 22 heavy (non-hydrogen) atoms. The fourth-order valence-corrected chi connectivity index (χ4v) is 2.98. The fraction of sp³-hybridized carbons (Fsp3) is 0.818. The van der Waals surface area contributed by atoms with Crippen molar-refractivity contribution in [1.82, 2.24) is 15.8 Å². The van der Waals surface area contributed by atoms with E-state index in [4.69, 9.17) is 5.73 Å². The van der Waals surface area contributed by atoms with Crippen molar-refractivity contribution in [3.05, 3.63) is 0 Å². The molecule has 0 aromatic carbocycles. The molecule has 128 valence electrons. The predicted molar refractivity (Wildman–Crippen MR) is 72.1 cm³/mol. The Morgan fingerprint density at radius 2 is 1.64 bits per heavy atom. The van der Waals surface area contributed by atoms with E-state index < -0.39 is 61.6 Å². The summed E-state index contributed by atoms with van der Waals surface area (Å²) in [5.41, 5.74) is 1.53. The van der Waals surface area contributed by atoms with Crippen molar-refractivity contribution in [3.63, 3.8) is 0 Å². The number of aliphatic hydroxyl groups is 5. The largest absolute Gasteiger partial charge is 0.396 e. The molecule has 0 spiro atoms. The molecule has 1 heterocycles. The zero-order valence-electron chi connectivity index (χ0n) is 12.1. The zero-order valence-corrected chi connectivity index (χ0v) is 12.1. The Bertz CT molecular complexity index is 438. The molecule has 1 aliphatic rings. The topological polar surface area (TPSA) is 189 Å². The fourth-order valence-electron chi connectivity index (χ4n) is 2.98. The Hall–Kier alpha value is -1.66. The number of aliphatic hydroxyl groups excluding tert-OH is 5. The Balaban J connectivity index is 3.61. The van der Waals surface area contributed by atoms with Crippen molar-refractivity contribution >= 4 is 12.1 Å². The van der Waals surface area contributed by atoms with Gasteiger partial charge in [-0.2, -0.15) is 0 Å². The minimum atomic E-state index is -2.01. The van der Waals surface area contributed by atoms with Gasteiger partial charge >= 0.3 is 12.1 Å². The lowest BCUT2D eigenvalue weighted by Gasteiger charge is -2.62. The Kier molecular flexibility index (Phi) is 5.20. The molecular weight excluding hydrogens is 300 g/mol. The van der Waals surface area contributed by atoms with Gasteiger partial charge in [0.15, 0.2) is 0 Å². The Labute approximate surface area is 126 Å². The van der Waals surface area contributed by atoms with Gasteiger partial charge < -0.3 is 36.6 Å². The van der Waals surface area contributed by atoms with Crippen LogP contribution in [0, 0.1) is 5.41 Å². The number of nitrogens with two attached hydrogens (primary N) is 1. The number of amides is 4. The molecule has 0 aromatic heterocycles. The summed E-state index contributed by atoms with van der Waals surface area (Å²) < 4.78 is 0. The van der Waals surface area contributed by atoms with E-state index in [0.29, 0.717) is 5.01 Å². The highest BCUT2D eigenvalue weighted by Gasteiger charge is 2.68. The minimum absolute atomic E-state index is 0.527. The first kappa shape index (κ1) is 18.4. The highest BCUT2D eigenvalue weighted by Crippen LogP contribution is 2.46. The lowest BCUT2D eigenvalue weighted by molar-refractivity contribution is -0.193. The van der Waals surface area contributed by atoms with E-state index in [1.54, 1.807) is 0 Å². The normalized spacial score (nSPS) is 26.5. The SMILES string of the molecule is CC1(CO)NC(=O)N(NC(N)=O)C(CO)(CO)C1(CO)CO. The average molecular weight is 322 g/mol. The molecule has 0 radical (unpaired) electrons. The van der Waals surface area contributed by atoms with Crippen LogP contribution in [-0.2, 0) is 0 Å². The second-order valence-corrected chi connectivity index (χ2v) is 5.48. The van der Waals surface area contributed by atoms with Crippen LogP contribution in [0.25, 0.3) is 0 Å². The maximum Gasteiger partial charge on any atom is 0.337 e. The molecule has 1 aliphatic heterocycles. The van der Waals surface area contributed by atoms with Crippen molar-refractivity contribution < 1.29 is 35.1 Å². The second kappa shape index (κ2) is 6.22. The van der Waals surface area contributed by atoms with E-state index in [1.165, 1.54) is 6.92 Å². The lowest BCUT2D eigenvalue weighted by atomic mass is 9.58. The summed E-state index contributed by atoms with van der Waals surface area (Å²) in [5, 5.41) is 51.7. The van der Waals surface area contributed by atoms with Gasteiger partial charge in [-0.1, -0.05) is 0 Å². The maximum absolute atomic E-state index is 12.2. The predicted octanol–water partition coefficient (Wildman–Crippen LogP) is -3.96. The van der Waals surface area contributed by atoms with Gasteiger partial charge in [0.05, 0.1) is 44.0 Å². The van der Waals surface area contributed by atoms with Crippen LogP contribution in [0.4, 0.5) is 9.59 Å². The van der Waals surface area contributed by atoms with E-state index in [1.807, 2.05) is 5.43 Å². The summed E-state index contributed by atoms with van der Waals surface area (Å²) in [7, 11) is 0. The van der Waals surface area contributed by atoms with Crippen LogP contribution < -0.4 is 16.5 Å². The quantitative estimate of drug-likeness (QED) is 0.245. The van der Waals surface area contributed by atoms with Crippen LogP contribution in [0.5, 0.6) is 0 Å². The third-order valence-corrected chi connectivity index (χ3v) is 4.56. The van der Waals surface area contributed by atoms with Gasteiger partial charge in [-0.25, -0.2) is 20.0 Å². The number of primary amides is 1. The minimum Gasteiger partial charge on any atom is -0.396 e. The number of carbonyl (C=O) groups is 2. The molecule has 9 N–H and O–H groups in total. The number of nitrogens with zero attached hydrogens (tertiary/aromatic N) is 1. The molecule has 11 heteroatoms. The first-order valence-corrected chi connectivity index (χ1v) is 6.47. The van der Waals surface area contributed by atoms with Gasteiger partial charge in [-0.3, -0.25) is 0 Å². The summed E-state index contributed by atoms with van der Waals surface area (Å²) in [6.45, 7) is -2.86. The summed E-state index contributed by atoms with van der Waals surface area (Å²) in [6, 6.07) is -2.13. The number of nitrogens with one attached hydrogen (secondary N) is 2. The Morgan fingerprint density at radius 1 is 1.14 bits per heavy atom. The second-order valence-electron chi connectivity index (χ2n) is 5.48. The molecule has 11 nitrogen and oxygen atoms in total. The van der Waals surface area contributed by atoms with Crippen LogP contribution >= 0.6 is 0 Å². The van der Waals surface area contributed by atoms with Crippen LogP contribution in [0.3, 0.4) is 0 Å². The van der Waals surface area contributed by atoms with E-state index in [-0.39, 0.29) is 0 Å². The maximum atomic E-state index is 12.2. The summed E-state index contributed by atoms with van der Waals surface area (Å²) in [4.78, 5) is 23.3. The molecule has 1 fully saturated rings. The molecule has 4 amide bonds. The lowest BCUT2D eigenvalue weighted by Crippen LogP contribution is -2.86. The van der Waals surface area contributed by atoms with Crippen LogP contribution in [-0.4, -0.2) is 86.7 Å². The molecule has 1 saturated heterocycles. The van der Waals surface area contributed by atoms with E-state index in [9.17, 15) is 35.1 Å². The van der Waals surface area contributed by atoms with E-state index in [0.717, 1.165) is 0 Å². The molecule has 0 aliphatic carbocycles. The highest BCUT2D eigenvalue weighted by molar-refractivity contribution is 5.82. The van der Waals surface area contributed by atoms with Crippen molar-refractivity contribution in [1.29, 1.82) is 0 Å². The first-order chi connectivity index (χ1) is 10.2. The molecule has 0 saturated carbocycles. The van der Waals surface area contributed by atoms with Crippen molar-refractivity contribution in [2.45, 2.75) is 18.0 Å². The van der Waals surface area contributed by atoms with Gasteiger partial charge in [0.2, 0.25) is 0 Å². The van der Waals surface area contributed by atoms with Crippen LogP contribution in [0.1, 0.15) is 6.92 Å². The number of hydrogen-bond acceptors (Lipinski definition) is 7. The number of hydrogen-bond donors (Lipinski definition) is 8. The van der Waals surface area contributed by atoms with Gasteiger partial charge in [0.1, 0.15) is 5.54 Å². The van der Waals surface area contributed by atoms with Crippen molar-refractivity contribution in [3.8, 4) is 0 Å². The van der Waals surface area contributed by atoms with Gasteiger partial charge in [-0.15, -0.1) is 0 Å². The van der Waals surface area contributed by atoms with Gasteiger partial charge in [-0.05, 0) is 6.92 Å². The standard InChI is InChI=1S/C11H22N4O7/c1-9(2-16)10(3-17,4-18)11(5-19,6-20)15(8(22)13-9)14-7(12)21/h16-20H,2-6H2,1H3,(H,13,22)(H3,12,14,21). The smallest absolute Gasteiger partial charge is 0.337 e. The van der Waals surface area contributed by atoms with E-state index >= 15 is 0 Å². The summed E-state index contributed by atoms with van der Waals surface area (Å²) in [6.07, 6.45) is 0. The molecule has 1 unspecified atom stereocenters. The monoisotopic (exact) mass is 322 g/mol. The average Bonchev–Trinajstić information content (AvgIpc) is 2.49. The van der Waals surface area contributed by atoms with E-state index in [2.05, 4.69) is 5.32 Å². The third-order valence-electron chi connectivity index (χ3n) is 4.56.